The second-order valence-corrected chi connectivity index (χ2v) is 8.33. The second-order valence-electron chi connectivity index (χ2n) is 8.33. The quantitative estimate of drug-likeness (QED) is 0.418. The molecule has 1 saturated heterocycles. The molecule has 2 aromatic carbocycles. The molecular weight excluding hydrogens is 419 g/mol. The number of nitrogens with two attached hydrogens (primary N) is 1. The van der Waals surface area contributed by atoms with E-state index in [4.69, 9.17) is 10.7 Å². The molecule has 0 bridgehead atoms. The number of anilines is 1. The first-order valence-electron chi connectivity index (χ1n) is 11.0. The van der Waals surface area contributed by atoms with Gasteiger partial charge in [-0.1, -0.05) is 30.3 Å². The summed E-state index contributed by atoms with van der Waals surface area (Å²) in [5.74, 6) is -0.0767. The van der Waals surface area contributed by atoms with Gasteiger partial charge in [-0.15, -0.1) is 0 Å². The van der Waals surface area contributed by atoms with Crippen LogP contribution in [0.3, 0.4) is 0 Å². The summed E-state index contributed by atoms with van der Waals surface area (Å²) in [5, 5.41) is 7.55. The van der Waals surface area contributed by atoms with E-state index in [0.29, 0.717) is 23.4 Å². The summed E-state index contributed by atoms with van der Waals surface area (Å²) in [5.41, 5.74) is 9.05. The molecule has 0 radical (unpaired) electrons. The Morgan fingerprint density at radius 1 is 1.27 bits per heavy atom. The van der Waals surface area contributed by atoms with Gasteiger partial charge in [0.15, 0.2) is 0 Å². The molecule has 0 aliphatic carbocycles. The number of hydrogen-bond acceptors (Lipinski definition) is 5. The van der Waals surface area contributed by atoms with Crippen molar-refractivity contribution < 1.29 is 9.18 Å². The van der Waals surface area contributed by atoms with Crippen molar-refractivity contribution >= 4 is 22.6 Å². The summed E-state index contributed by atoms with van der Waals surface area (Å²) < 4.78 is 16.1. The van der Waals surface area contributed by atoms with Crippen LogP contribution in [0, 0.1) is 12.7 Å². The maximum Gasteiger partial charge on any atom is 0.249 e. The number of nitrogens with one attached hydrogen (secondary N) is 2. The van der Waals surface area contributed by atoms with Gasteiger partial charge < -0.3 is 16.4 Å². The number of halogens is 1. The molecule has 168 valence electrons. The van der Waals surface area contributed by atoms with Gasteiger partial charge in [0, 0.05) is 35.4 Å². The number of benzene rings is 2. The van der Waals surface area contributed by atoms with Crippen molar-refractivity contribution in [2.75, 3.05) is 11.9 Å². The number of fused-ring (bicyclic) bond motifs is 1. The lowest BCUT2D eigenvalue weighted by atomic mass is 10.1. The van der Waals surface area contributed by atoms with Gasteiger partial charge in [0.05, 0.1) is 11.1 Å². The maximum absolute atomic E-state index is 14.3. The first-order valence-corrected chi connectivity index (χ1v) is 11.0. The van der Waals surface area contributed by atoms with Gasteiger partial charge in [-0.05, 0) is 50.1 Å². The maximum atomic E-state index is 14.3. The van der Waals surface area contributed by atoms with Crippen LogP contribution < -0.4 is 16.4 Å². The molecular formula is C25H25FN6O. The first-order chi connectivity index (χ1) is 16.0. The number of hydrogen-bond donors (Lipinski definition) is 3. The third kappa shape index (κ3) is 4.05. The second kappa shape index (κ2) is 8.63. The van der Waals surface area contributed by atoms with E-state index in [2.05, 4.69) is 27.8 Å². The van der Waals surface area contributed by atoms with Crippen molar-refractivity contribution in [3.05, 3.63) is 82.9 Å². The van der Waals surface area contributed by atoms with Crippen LogP contribution in [0.5, 0.6) is 0 Å². The van der Waals surface area contributed by atoms with Crippen molar-refractivity contribution in [1.29, 1.82) is 0 Å². The molecule has 8 heteroatoms. The zero-order chi connectivity index (χ0) is 22.9. The fourth-order valence-electron chi connectivity index (χ4n) is 4.49. The number of carbonyl (C=O) groups excluding carboxylic acids is 1. The lowest BCUT2D eigenvalue weighted by Gasteiger charge is -2.18. The summed E-state index contributed by atoms with van der Waals surface area (Å²) >= 11 is 0. The van der Waals surface area contributed by atoms with E-state index in [1.54, 1.807) is 4.57 Å². The lowest BCUT2D eigenvalue weighted by molar-refractivity contribution is 0.100. The Balaban J connectivity index is 1.61. The molecule has 1 fully saturated rings. The van der Waals surface area contributed by atoms with Crippen molar-refractivity contribution in [1.82, 2.24) is 19.9 Å². The Hall–Kier alpha value is -3.78. The van der Waals surface area contributed by atoms with E-state index in [0.717, 1.165) is 48.1 Å². The van der Waals surface area contributed by atoms with E-state index in [1.807, 2.05) is 37.4 Å². The van der Waals surface area contributed by atoms with E-state index in [9.17, 15) is 9.18 Å². The third-order valence-corrected chi connectivity index (χ3v) is 6.08. The SMILES string of the molecule is Cc1cc2c(C(N)=O)cc(F)cc2n1-c1ncc(C2CCCN2)c(NCc2ccccc2)n1. The monoisotopic (exact) mass is 444 g/mol. The number of amides is 1. The Labute approximate surface area is 190 Å². The summed E-state index contributed by atoms with van der Waals surface area (Å²) in [7, 11) is 0. The standard InChI is InChI=1S/C25H25FN6O/c1-15-10-18-19(23(27)33)11-17(26)12-22(18)32(15)25-30-14-20(21-8-5-9-28-21)24(31-25)29-13-16-6-3-2-4-7-16/h2-4,6-7,10-12,14,21,28H,5,8-9,13H2,1H3,(H2,27,33)(H,29,30,31). The predicted octanol–water partition coefficient (Wildman–Crippen LogP) is 4.00. The van der Waals surface area contributed by atoms with Gasteiger partial charge in [-0.3, -0.25) is 9.36 Å². The van der Waals surface area contributed by atoms with Gasteiger partial charge >= 0.3 is 0 Å². The summed E-state index contributed by atoms with van der Waals surface area (Å²) in [6.07, 6.45) is 3.95. The van der Waals surface area contributed by atoms with Crippen LogP contribution in [0.4, 0.5) is 10.2 Å². The summed E-state index contributed by atoms with van der Waals surface area (Å²) in [6, 6.07) is 14.6. The molecule has 0 saturated carbocycles. The molecule has 7 nitrogen and oxygen atoms in total. The summed E-state index contributed by atoms with van der Waals surface area (Å²) in [4.78, 5) is 21.4. The lowest BCUT2D eigenvalue weighted by Crippen LogP contribution is -2.18. The Kier molecular flexibility index (Phi) is 5.51. The van der Waals surface area contributed by atoms with Crippen molar-refractivity contribution in [3.63, 3.8) is 0 Å². The number of primary amides is 1. The van der Waals surface area contributed by atoms with Crippen LogP contribution in [0.2, 0.25) is 0 Å². The molecule has 1 atom stereocenters. The molecule has 0 spiro atoms. The number of carbonyl (C=O) groups is 1. The number of nitrogens with zero attached hydrogens (tertiary/aromatic N) is 3. The molecule has 1 amide bonds. The van der Waals surface area contributed by atoms with Crippen LogP contribution in [0.15, 0.2) is 54.7 Å². The largest absolute Gasteiger partial charge is 0.366 e. The zero-order valence-corrected chi connectivity index (χ0v) is 18.3. The van der Waals surface area contributed by atoms with Gasteiger partial charge in [0.25, 0.3) is 0 Å². The fraction of sp³-hybridized carbons (Fsp3) is 0.240. The van der Waals surface area contributed by atoms with E-state index in [-0.39, 0.29) is 11.6 Å². The Morgan fingerprint density at radius 2 is 2.09 bits per heavy atom. The molecule has 4 N–H and O–H groups in total. The highest BCUT2D eigenvalue weighted by Gasteiger charge is 2.23. The highest BCUT2D eigenvalue weighted by atomic mass is 19.1. The number of aryl methyl sites for hydroxylation is 1. The van der Waals surface area contributed by atoms with Gasteiger partial charge in [0.1, 0.15) is 11.6 Å². The van der Waals surface area contributed by atoms with Gasteiger partial charge in [-0.2, -0.15) is 4.98 Å². The average Bonchev–Trinajstić information content (AvgIpc) is 3.45. The van der Waals surface area contributed by atoms with Gasteiger partial charge in [-0.25, -0.2) is 9.37 Å². The normalized spacial score (nSPS) is 15.8. The van der Waals surface area contributed by atoms with Crippen molar-refractivity contribution in [3.8, 4) is 5.95 Å². The molecule has 1 aliphatic rings. The summed E-state index contributed by atoms with van der Waals surface area (Å²) in [6.45, 7) is 3.44. The molecule has 5 rings (SSSR count). The highest BCUT2D eigenvalue weighted by molar-refractivity contribution is 6.06. The zero-order valence-electron chi connectivity index (χ0n) is 18.3. The van der Waals surface area contributed by atoms with E-state index >= 15 is 0 Å². The molecule has 1 aliphatic heterocycles. The smallest absolute Gasteiger partial charge is 0.249 e. The van der Waals surface area contributed by atoms with Crippen LogP contribution in [0.1, 0.15) is 46.1 Å². The van der Waals surface area contributed by atoms with Crippen LogP contribution >= 0.6 is 0 Å². The third-order valence-electron chi connectivity index (χ3n) is 6.08. The first kappa shape index (κ1) is 21.1. The number of rotatable bonds is 6. The minimum Gasteiger partial charge on any atom is -0.366 e. The number of aromatic nitrogens is 3. The van der Waals surface area contributed by atoms with E-state index < -0.39 is 11.7 Å². The van der Waals surface area contributed by atoms with Crippen molar-refractivity contribution in [2.24, 2.45) is 5.73 Å². The van der Waals surface area contributed by atoms with Crippen molar-refractivity contribution in [2.45, 2.75) is 32.4 Å². The fourth-order valence-corrected chi connectivity index (χ4v) is 4.49. The molecule has 33 heavy (non-hydrogen) atoms. The highest BCUT2D eigenvalue weighted by Crippen LogP contribution is 2.31. The van der Waals surface area contributed by atoms with Crippen LogP contribution in [-0.4, -0.2) is 27.0 Å². The predicted molar refractivity (Wildman–Crippen MR) is 126 cm³/mol. The topological polar surface area (TPSA) is 97.9 Å². The Morgan fingerprint density at radius 3 is 2.82 bits per heavy atom. The van der Waals surface area contributed by atoms with Crippen LogP contribution in [0.25, 0.3) is 16.9 Å². The molecule has 4 aromatic rings. The van der Waals surface area contributed by atoms with E-state index in [1.165, 1.54) is 6.07 Å². The Bertz CT molecular complexity index is 1330. The minimum absolute atomic E-state index is 0.140. The average molecular weight is 445 g/mol. The minimum atomic E-state index is -0.676. The van der Waals surface area contributed by atoms with Crippen LogP contribution in [-0.2, 0) is 6.54 Å². The molecule has 1 unspecified atom stereocenters. The van der Waals surface area contributed by atoms with Gasteiger partial charge in [0.2, 0.25) is 11.9 Å². The molecule has 2 aromatic heterocycles. The molecule has 3 heterocycles.